The fraction of sp³-hybridized carbons (Fsp3) is 0.333. The van der Waals surface area contributed by atoms with Crippen molar-refractivity contribution < 1.29 is 24.5 Å². The number of fused-ring (bicyclic) bond motifs is 1. The summed E-state index contributed by atoms with van der Waals surface area (Å²) in [6.45, 7) is 6.39. The largest absolute Gasteiger partial charge is 0.509 e. The minimum atomic E-state index is -1.34. The van der Waals surface area contributed by atoms with Crippen LogP contribution in [0.2, 0.25) is 0 Å². The van der Waals surface area contributed by atoms with E-state index in [9.17, 15) is 24.6 Å². The zero-order valence-electron chi connectivity index (χ0n) is 24.6. The fourth-order valence-electron chi connectivity index (χ4n) is 5.26. The van der Waals surface area contributed by atoms with Gasteiger partial charge < -0.3 is 19.8 Å². The summed E-state index contributed by atoms with van der Waals surface area (Å²) in [5.74, 6) is -5.30. The maximum atomic E-state index is 13.9. The average molecular weight is 570 g/mol. The van der Waals surface area contributed by atoms with Gasteiger partial charge in [0, 0.05) is 18.5 Å². The lowest BCUT2D eigenvalue weighted by Crippen LogP contribution is -2.58. The molecule has 1 unspecified atom stereocenters. The Bertz CT molecular complexity index is 1650. The highest BCUT2D eigenvalue weighted by Crippen LogP contribution is 2.41. The summed E-state index contributed by atoms with van der Waals surface area (Å²) < 4.78 is 6.57. The van der Waals surface area contributed by atoms with Crippen LogP contribution in [0.15, 0.2) is 11.0 Å². The first kappa shape index (κ1) is 33.3. The van der Waals surface area contributed by atoms with Gasteiger partial charge in [0.1, 0.15) is 74.3 Å². The number of ether oxygens (including phenoxy) is 1. The Hall–Kier alpha value is -3.62. The lowest BCUT2D eigenvalue weighted by molar-refractivity contribution is -0.137. The third-order valence-electron chi connectivity index (χ3n) is 7.77. The molecule has 44 heavy (non-hydrogen) atoms. The molecule has 2 atom stereocenters. The second-order valence-electron chi connectivity index (χ2n) is 11.1. The van der Waals surface area contributed by atoms with E-state index in [1.54, 1.807) is 27.7 Å². The zero-order valence-corrected chi connectivity index (χ0v) is 24.6. The van der Waals surface area contributed by atoms with Gasteiger partial charge in [0.15, 0.2) is 5.69 Å². The van der Waals surface area contributed by atoms with Crippen molar-refractivity contribution in [1.82, 2.24) is 14.7 Å². The van der Waals surface area contributed by atoms with Crippen LogP contribution in [0.3, 0.4) is 0 Å². The molecule has 1 aliphatic rings. The predicted molar refractivity (Wildman–Crippen MR) is 175 cm³/mol. The number of amides is 1. The second kappa shape index (κ2) is 12.1. The van der Waals surface area contributed by atoms with Crippen molar-refractivity contribution >= 4 is 118 Å². The molecule has 204 valence electrons. The molecule has 0 bridgehead atoms. The molecular formula is C27H21B8N3O6. The molecule has 2 heterocycles. The Balaban J connectivity index is 2.21. The number of esters is 1. The zero-order chi connectivity index (χ0) is 33.1. The maximum absolute atomic E-state index is 13.9. The Labute approximate surface area is 265 Å². The van der Waals surface area contributed by atoms with E-state index in [1.807, 2.05) is 0 Å². The van der Waals surface area contributed by atoms with Gasteiger partial charge in [0.2, 0.25) is 11.2 Å². The van der Waals surface area contributed by atoms with Crippen molar-refractivity contribution in [3.05, 3.63) is 33.2 Å². The number of carbonyl (C=O) groups excluding carboxylic acids is 2. The van der Waals surface area contributed by atoms with Gasteiger partial charge in [-0.25, -0.2) is 0 Å². The summed E-state index contributed by atoms with van der Waals surface area (Å²) >= 11 is 0. The van der Waals surface area contributed by atoms with Crippen molar-refractivity contribution in [2.24, 2.45) is 5.92 Å². The SMILES string of the molecule is [B]c1c([B])c([B])c(C(c2c([B])c(O)c([B])c([B])c2O)[C@H]2CN(C(C)C)C(=O)c3c(OC(=O)C(C)C)c(=O)cnn32)c([B])c1[B]. The number of rotatable bonds is 6. The first-order valence-electron chi connectivity index (χ1n) is 13.5. The molecule has 0 saturated heterocycles. The van der Waals surface area contributed by atoms with Gasteiger partial charge in [-0.3, -0.25) is 19.1 Å². The molecule has 4 rings (SSSR count). The summed E-state index contributed by atoms with van der Waals surface area (Å²) in [5.41, 5.74) is -3.36. The molecule has 1 amide bonds. The molecule has 0 saturated carbocycles. The van der Waals surface area contributed by atoms with E-state index in [1.165, 1.54) is 4.90 Å². The summed E-state index contributed by atoms with van der Waals surface area (Å²) in [5, 5.41) is 26.4. The van der Waals surface area contributed by atoms with Crippen LogP contribution in [0.1, 0.15) is 61.3 Å². The highest BCUT2D eigenvalue weighted by molar-refractivity contribution is 6.67. The van der Waals surface area contributed by atoms with Gasteiger partial charge in [0.05, 0.1) is 18.2 Å². The number of benzene rings is 2. The second-order valence-corrected chi connectivity index (χ2v) is 11.1. The summed E-state index contributed by atoms with van der Waals surface area (Å²) in [7, 11) is 49.8. The van der Waals surface area contributed by atoms with Crippen LogP contribution in [0.5, 0.6) is 17.2 Å². The monoisotopic (exact) mass is 571 g/mol. The Kier molecular flexibility index (Phi) is 9.11. The molecule has 0 aliphatic carbocycles. The Morgan fingerprint density at radius 1 is 0.818 bits per heavy atom. The normalized spacial score (nSPS) is 15.5. The predicted octanol–water partition coefficient (Wildman–Crippen LogP) is -6.20. The lowest BCUT2D eigenvalue weighted by Gasteiger charge is -2.43. The van der Waals surface area contributed by atoms with Crippen molar-refractivity contribution in [2.45, 2.75) is 45.7 Å². The number of carbonyl (C=O) groups is 2. The van der Waals surface area contributed by atoms with Gasteiger partial charge in [-0.05, 0) is 24.9 Å². The summed E-state index contributed by atoms with van der Waals surface area (Å²) in [6, 6.07) is -1.61. The first-order chi connectivity index (χ1) is 20.4. The number of aromatic nitrogens is 2. The minimum absolute atomic E-state index is 0.00463. The molecule has 0 spiro atoms. The molecule has 0 fully saturated rings. The van der Waals surface area contributed by atoms with E-state index in [0.29, 0.717) is 0 Å². The number of hydrogen-bond donors (Lipinski definition) is 2. The quantitative estimate of drug-likeness (QED) is 0.172. The van der Waals surface area contributed by atoms with E-state index in [4.69, 9.17) is 67.5 Å². The molecule has 1 aromatic heterocycles. The van der Waals surface area contributed by atoms with Crippen molar-refractivity contribution in [3.8, 4) is 17.2 Å². The molecule has 2 N–H and O–H groups in total. The summed E-state index contributed by atoms with van der Waals surface area (Å²) in [6.07, 6.45) is 0.866. The Morgan fingerprint density at radius 2 is 1.34 bits per heavy atom. The van der Waals surface area contributed by atoms with Crippen LogP contribution in [-0.2, 0) is 4.79 Å². The van der Waals surface area contributed by atoms with Crippen molar-refractivity contribution in [2.75, 3.05) is 6.54 Å². The van der Waals surface area contributed by atoms with Crippen LogP contribution in [0.4, 0.5) is 0 Å². The lowest BCUT2D eigenvalue weighted by atomic mass is 9.57. The van der Waals surface area contributed by atoms with Gasteiger partial charge in [-0.15, -0.1) is 27.3 Å². The van der Waals surface area contributed by atoms with Crippen LogP contribution in [0, 0.1) is 5.92 Å². The maximum Gasteiger partial charge on any atom is 0.313 e. The van der Waals surface area contributed by atoms with E-state index in [-0.39, 0.29) is 50.7 Å². The van der Waals surface area contributed by atoms with Gasteiger partial charge in [0.25, 0.3) is 5.91 Å². The van der Waals surface area contributed by atoms with Gasteiger partial charge in [-0.1, -0.05) is 30.3 Å². The third-order valence-corrected chi connectivity index (χ3v) is 7.77. The van der Waals surface area contributed by atoms with Crippen LogP contribution >= 0.6 is 0 Å². The van der Waals surface area contributed by atoms with E-state index >= 15 is 0 Å². The molecule has 17 heteroatoms. The van der Waals surface area contributed by atoms with Gasteiger partial charge >= 0.3 is 5.97 Å². The van der Waals surface area contributed by atoms with Crippen LogP contribution in [0.25, 0.3) is 0 Å². The minimum Gasteiger partial charge on any atom is -0.509 e. The third kappa shape index (κ3) is 5.22. The highest BCUT2D eigenvalue weighted by atomic mass is 16.5. The van der Waals surface area contributed by atoms with E-state index < -0.39 is 74.9 Å². The first-order valence-corrected chi connectivity index (χ1v) is 13.5. The fourth-order valence-corrected chi connectivity index (χ4v) is 5.26. The number of aromatic hydroxyl groups is 2. The summed E-state index contributed by atoms with van der Waals surface area (Å²) in [4.78, 5) is 40.9. The van der Waals surface area contributed by atoms with Crippen LogP contribution in [-0.4, -0.2) is 112 Å². The van der Waals surface area contributed by atoms with Crippen molar-refractivity contribution in [3.63, 3.8) is 0 Å². The molecule has 1 aliphatic heterocycles. The van der Waals surface area contributed by atoms with Crippen LogP contribution < -0.4 is 53.9 Å². The van der Waals surface area contributed by atoms with Crippen molar-refractivity contribution in [1.29, 1.82) is 0 Å². The van der Waals surface area contributed by atoms with E-state index in [2.05, 4.69) is 5.10 Å². The topological polar surface area (TPSA) is 122 Å². The molecule has 3 aromatic rings. The molecular weight excluding hydrogens is 549 g/mol. The smallest absolute Gasteiger partial charge is 0.313 e. The number of phenolic OH excluding ortho intramolecular Hbond substituents is 2. The van der Waals surface area contributed by atoms with Gasteiger partial charge in [-0.2, -0.15) is 5.10 Å². The Morgan fingerprint density at radius 3 is 1.86 bits per heavy atom. The standard InChI is InChI=1S/C27H21B8N3O6/c1-7(2)27(43)44-25-10(39)5-36-38-9(6-37(8(3)4)26(42)22(25)38)11(12-14(28)17(31)19(33)18(32)15(12)29)13-16(30)24(41)21(35)20(34)23(13)40/h5,7-9,11,40-41H,6H2,1-4H3/t9-,11?/m1/s1. The number of hydrogen-bond acceptors (Lipinski definition) is 7. The average Bonchev–Trinajstić information content (AvgIpc) is 2.97. The molecule has 2 aromatic carbocycles. The van der Waals surface area contributed by atoms with E-state index in [0.717, 1.165) is 10.9 Å². The molecule has 9 nitrogen and oxygen atoms in total. The molecule has 16 radical (unpaired) electrons. The number of nitrogens with zero attached hydrogens (tertiary/aromatic N) is 3. The number of phenols is 2. The highest BCUT2D eigenvalue weighted by Gasteiger charge is 2.43.